The van der Waals surface area contributed by atoms with Gasteiger partial charge in [-0.15, -0.1) is 0 Å². The second-order valence-corrected chi connectivity index (χ2v) is 7.10. The molecule has 3 nitrogen and oxygen atoms in total. The average Bonchev–Trinajstić information content (AvgIpc) is 3.09. The third-order valence-electron chi connectivity index (χ3n) is 4.42. The third kappa shape index (κ3) is 4.18. The summed E-state index contributed by atoms with van der Waals surface area (Å²) in [5, 5.41) is 3.01. The van der Waals surface area contributed by atoms with Crippen LogP contribution >= 0.6 is 0 Å². The van der Waals surface area contributed by atoms with Gasteiger partial charge in [0.2, 0.25) is 0 Å². The molecule has 1 amide bonds. The Morgan fingerprint density at radius 3 is 2.22 bits per heavy atom. The summed E-state index contributed by atoms with van der Waals surface area (Å²) in [6, 6.07) is 0.329. The molecule has 0 radical (unpaired) electrons. The van der Waals surface area contributed by atoms with Crippen molar-refractivity contribution in [1.29, 1.82) is 0 Å². The molecule has 0 bridgehead atoms. The number of carbonyl (C=O) groups is 1. The Balaban J connectivity index is 1.64. The van der Waals surface area contributed by atoms with E-state index in [4.69, 9.17) is 4.74 Å². The van der Waals surface area contributed by atoms with Crippen molar-refractivity contribution in [3.63, 3.8) is 0 Å². The molecular weight excluding hydrogens is 226 g/mol. The predicted molar refractivity (Wildman–Crippen MR) is 72.4 cm³/mol. The highest BCUT2D eigenvalue weighted by Crippen LogP contribution is 2.37. The summed E-state index contributed by atoms with van der Waals surface area (Å²) in [7, 11) is 0. The zero-order valence-corrected chi connectivity index (χ0v) is 12.0. The van der Waals surface area contributed by atoms with Gasteiger partial charge in [0.05, 0.1) is 6.61 Å². The lowest BCUT2D eigenvalue weighted by atomic mass is 9.71. The maximum Gasteiger partial charge on any atom is 0.407 e. The van der Waals surface area contributed by atoms with Gasteiger partial charge in [-0.25, -0.2) is 4.79 Å². The van der Waals surface area contributed by atoms with Crippen molar-refractivity contribution in [2.45, 2.75) is 65.3 Å². The van der Waals surface area contributed by atoms with Crippen LogP contribution in [-0.2, 0) is 4.74 Å². The normalized spacial score (nSPS) is 28.8. The van der Waals surface area contributed by atoms with Crippen LogP contribution in [-0.4, -0.2) is 18.7 Å². The molecule has 2 fully saturated rings. The second-order valence-electron chi connectivity index (χ2n) is 7.10. The zero-order valence-electron chi connectivity index (χ0n) is 12.0. The molecule has 0 atom stereocenters. The Kier molecular flexibility index (Phi) is 4.18. The molecule has 2 aliphatic carbocycles. The summed E-state index contributed by atoms with van der Waals surface area (Å²) < 4.78 is 5.21. The summed E-state index contributed by atoms with van der Waals surface area (Å²) in [4.78, 5) is 11.6. The first-order chi connectivity index (χ1) is 8.45. The monoisotopic (exact) mass is 253 g/mol. The van der Waals surface area contributed by atoms with Crippen LogP contribution < -0.4 is 5.32 Å². The summed E-state index contributed by atoms with van der Waals surface area (Å²) in [6.07, 6.45) is 6.88. The lowest BCUT2D eigenvalue weighted by Crippen LogP contribution is -2.39. The van der Waals surface area contributed by atoms with Gasteiger partial charge in [0, 0.05) is 6.04 Å². The van der Waals surface area contributed by atoms with Crippen molar-refractivity contribution >= 4 is 6.09 Å². The fourth-order valence-corrected chi connectivity index (χ4v) is 2.79. The van der Waals surface area contributed by atoms with Crippen LogP contribution in [0.5, 0.6) is 0 Å². The van der Waals surface area contributed by atoms with Crippen molar-refractivity contribution in [3.8, 4) is 0 Å². The van der Waals surface area contributed by atoms with Crippen LogP contribution in [0.25, 0.3) is 0 Å². The van der Waals surface area contributed by atoms with Gasteiger partial charge in [-0.1, -0.05) is 20.8 Å². The van der Waals surface area contributed by atoms with Crippen molar-refractivity contribution in [3.05, 3.63) is 0 Å². The van der Waals surface area contributed by atoms with Crippen molar-refractivity contribution < 1.29 is 9.53 Å². The molecule has 0 heterocycles. The quantitative estimate of drug-likeness (QED) is 0.832. The van der Waals surface area contributed by atoms with E-state index in [1.807, 2.05) is 0 Å². The number of amides is 1. The Hall–Kier alpha value is -0.730. The number of nitrogens with one attached hydrogen (secondary N) is 1. The molecule has 2 saturated carbocycles. The largest absolute Gasteiger partial charge is 0.449 e. The maximum absolute atomic E-state index is 11.6. The smallest absolute Gasteiger partial charge is 0.407 e. The highest BCUT2D eigenvalue weighted by Gasteiger charge is 2.30. The number of ether oxygens (including phenoxy) is 1. The van der Waals surface area contributed by atoms with E-state index in [9.17, 15) is 4.79 Å². The first-order valence-electron chi connectivity index (χ1n) is 7.38. The highest BCUT2D eigenvalue weighted by atomic mass is 16.5. The van der Waals surface area contributed by atoms with Gasteiger partial charge in [0.1, 0.15) is 0 Å². The molecule has 1 N–H and O–H groups in total. The van der Waals surface area contributed by atoms with Gasteiger partial charge in [0.15, 0.2) is 0 Å². The molecule has 0 saturated heterocycles. The van der Waals surface area contributed by atoms with Crippen LogP contribution in [0.3, 0.4) is 0 Å². The predicted octanol–water partition coefficient (Wildman–Crippen LogP) is 3.73. The van der Waals surface area contributed by atoms with Gasteiger partial charge in [-0.3, -0.25) is 0 Å². The van der Waals surface area contributed by atoms with Crippen LogP contribution in [0.15, 0.2) is 0 Å². The molecule has 2 rings (SSSR count). The molecule has 0 aromatic rings. The Labute approximate surface area is 111 Å². The molecule has 0 aromatic heterocycles. The minimum atomic E-state index is -0.207. The minimum Gasteiger partial charge on any atom is -0.449 e. The molecule has 2 aliphatic rings. The first-order valence-corrected chi connectivity index (χ1v) is 7.38. The maximum atomic E-state index is 11.6. The van der Waals surface area contributed by atoms with Crippen molar-refractivity contribution in [2.24, 2.45) is 17.3 Å². The average molecular weight is 253 g/mol. The zero-order chi connectivity index (χ0) is 13.2. The van der Waals surface area contributed by atoms with E-state index >= 15 is 0 Å². The summed E-state index contributed by atoms with van der Waals surface area (Å²) in [5.41, 5.74) is 0.400. The van der Waals surface area contributed by atoms with Crippen molar-refractivity contribution in [1.82, 2.24) is 5.32 Å². The first kappa shape index (κ1) is 13.7. The standard InChI is InChI=1S/C15H27NO2/c1-15(2,3)12-6-8-13(9-7-12)16-14(17)18-10-11-4-5-11/h11-13H,4-10H2,1-3H3,(H,16,17)/t12-,13-. The van der Waals surface area contributed by atoms with E-state index in [0.29, 0.717) is 24.0 Å². The number of alkyl carbamates (subject to hydrolysis) is 1. The van der Waals surface area contributed by atoms with E-state index in [1.54, 1.807) is 0 Å². The van der Waals surface area contributed by atoms with E-state index in [2.05, 4.69) is 26.1 Å². The highest BCUT2D eigenvalue weighted by molar-refractivity contribution is 5.67. The van der Waals surface area contributed by atoms with E-state index in [-0.39, 0.29) is 6.09 Å². The number of hydrogen-bond acceptors (Lipinski definition) is 2. The third-order valence-corrected chi connectivity index (χ3v) is 4.42. The topological polar surface area (TPSA) is 38.3 Å². The molecule has 0 unspecified atom stereocenters. The summed E-state index contributed by atoms with van der Waals surface area (Å²) in [6.45, 7) is 7.56. The second kappa shape index (κ2) is 5.50. The van der Waals surface area contributed by atoms with Crippen LogP contribution in [0.4, 0.5) is 4.79 Å². The van der Waals surface area contributed by atoms with Gasteiger partial charge in [0.25, 0.3) is 0 Å². The van der Waals surface area contributed by atoms with Crippen molar-refractivity contribution in [2.75, 3.05) is 6.61 Å². The molecule has 18 heavy (non-hydrogen) atoms. The Bertz CT molecular complexity index is 283. The SMILES string of the molecule is CC(C)(C)[C@H]1CC[C@H](NC(=O)OCC2CC2)CC1. The molecule has 104 valence electrons. The van der Waals surface area contributed by atoms with Gasteiger partial charge >= 0.3 is 6.09 Å². The fraction of sp³-hybridized carbons (Fsp3) is 0.933. The molecule has 0 spiro atoms. The van der Waals surface area contributed by atoms with Gasteiger partial charge in [-0.05, 0) is 55.8 Å². The fourth-order valence-electron chi connectivity index (χ4n) is 2.79. The lowest BCUT2D eigenvalue weighted by molar-refractivity contribution is 0.123. The van der Waals surface area contributed by atoms with Gasteiger partial charge < -0.3 is 10.1 Å². The summed E-state index contributed by atoms with van der Waals surface area (Å²) >= 11 is 0. The number of rotatable bonds is 3. The molecule has 0 aromatic carbocycles. The molecular formula is C15H27NO2. The van der Waals surface area contributed by atoms with Gasteiger partial charge in [-0.2, -0.15) is 0 Å². The van der Waals surface area contributed by atoms with Crippen LogP contribution in [0, 0.1) is 17.3 Å². The number of hydrogen-bond donors (Lipinski definition) is 1. The lowest BCUT2D eigenvalue weighted by Gasteiger charge is -2.37. The number of carbonyl (C=O) groups excluding carboxylic acids is 1. The Morgan fingerprint density at radius 2 is 1.72 bits per heavy atom. The van der Waals surface area contributed by atoms with Crippen LogP contribution in [0.2, 0.25) is 0 Å². The summed E-state index contributed by atoms with van der Waals surface area (Å²) in [5.74, 6) is 1.44. The molecule has 0 aliphatic heterocycles. The Morgan fingerprint density at radius 1 is 1.11 bits per heavy atom. The minimum absolute atomic E-state index is 0.207. The van der Waals surface area contributed by atoms with E-state index in [1.165, 1.54) is 25.7 Å². The van der Waals surface area contributed by atoms with Crippen LogP contribution in [0.1, 0.15) is 59.3 Å². The molecule has 3 heteroatoms. The van der Waals surface area contributed by atoms with E-state index in [0.717, 1.165) is 18.8 Å². The van der Waals surface area contributed by atoms with E-state index < -0.39 is 0 Å².